The zero-order chi connectivity index (χ0) is 16.3. The summed E-state index contributed by atoms with van der Waals surface area (Å²) in [6.45, 7) is 12.4. The third kappa shape index (κ3) is 9.57. The number of hydrogen-bond donors (Lipinski definition) is 0. The van der Waals surface area contributed by atoms with Gasteiger partial charge in [0.25, 0.3) is 0 Å². The van der Waals surface area contributed by atoms with Crippen molar-refractivity contribution in [3.05, 3.63) is 48.6 Å². The molecule has 1 unspecified atom stereocenters. The van der Waals surface area contributed by atoms with E-state index >= 15 is 0 Å². The summed E-state index contributed by atoms with van der Waals surface area (Å²) in [7, 11) is -1.36. The van der Waals surface area contributed by atoms with E-state index in [4.69, 9.17) is 9.47 Å². The highest BCUT2D eigenvalue weighted by Crippen LogP contribution is 2.06. The van der Waals surface area contributed by atoms with Crippen LogP contribution in [0.3, 0.4) is 0 Å². The van der Waals surface area contributed by atoms with Gasteiger partial charge < -0.3 is 9.47 Å². The predicted molar refractivity (Wildman–Crippen MR) is 96.4 cm³/mol. The molecule has 1 aromatic carbocycles. The molecule has 0 aliphatic carbocycles. The van der Waals surface area contributed by atoms with Gasteiger partial charge in [0.1, 0.15) is 14.2 Å². The van der Waals surface area contributed by atoms with Crippen molar-refractivity contribution in [3.63, 3.8) is 0 Å². The van der Waals surface area contributed by atoms with Gasteiger partial charge in [-0.05, 0) is 18.4 Å². The molecular weight excluding hydrogens is 288 g/mol. The molecule has 3 heteroatoms. The second-order valence-electron chi connectivity index (χ2n) is 6.31. The van der Waals surface area contributed by atoms with Crippen LogP contribution in [-0.4, -0.2) is 27.4 Å². The molecule has 0 aliphatic rings. The van der Waals surface area contributed by atoms with Crippen LogP contribution >= 0.6 is 0 Å². The van der Waals surface area contributed by atoms with Gasteiger partial charge in [-0.15, -0.1) is 12.1 Å². The SMILES string of the molecule is C=CCOC(C#C[Si](C)(C)C)CCCOCc1ccccc1. The van der Waals surface area contributed by atoms with Crippen molar-refractivity contribution in [1.82, 2.24) is 0 Å². The molecule has 0 spiro atoms. The first kappa shape index (κ1) is 18.7. The Morgan fingerprint density at radius 3 is 2.59 bits per heavy atom. The van der Waals surface area contributed by atoms with Crippen molar-refractivity contribution in [1.29, 1.82) is 0 Å². The van der Waals surface area contributed by atoms with Crippen LogP contribution in [0, 0.1) is 11.5 Å². The summed E-state index contributed by atoms with van der Waals surface area (Å²) in [4.78, 5) is 0. The molecular formula is C19H28O2Si. The van der Waals surface area contributed by atoms with Gasteiger partial charge in [0.05, 0.1) is 13.2 Å². The molecule has 1 atom stereocenters. The minimum Gasteiger partial charge on any atom is -0.377 e. The van der Waals surface area contributed by atoms with Crippen molar-refractivity contribution in [3.8, 4) is 11.5 Å². The van der Waals surface area contributed by atoms with Crippen LogP contribution in [0.1, 0.15) is 18.4 Å². The Hall–Kier alpha value is -1.34. The Morgan fingerprint density at radius 2 is 1.95 bits per heavy atom. The molecule has 2 nitrogen and oxygen atoms in total. The number of ether oxygens (including phenoxy) is 2. The van der Waals surface area contributed by atoms with Crippen molar-refractivity contribution in [2.24, 2.45) is 0 Å². The third-order valence-electron chi connectivity index (χ3n) is 2.89. The van der Waals surface area contributed by atoms with Gasteiger partial charge in [-0.1, -0.05) is 62.0 Å². The van der Waals surface area contributed by atoms with E-state index in [1.807, 2.05) is 18.2 Å². The van der Waals surface area contributed by atoms with Crippen LogP contribution in [0.5, 0.6) is 0 Å². The lowest BCUT2D eigenvalue weighted by Crippen LogP contribution is -2.19. The third-order valence-corrected chi connectivity index (χ3v) is 3.78. The second kappa shape index (κ2) is 10.4. The average molecular weight is 317 g/mol. The van der Waals surface area contributed by atoms with Gasteiger partial charge in [-0.25, -0.2) is 0 Å². The van der Waals surface area contributed by atoms with E-state index in [9.17, 15) is 0 Å². The first-order chi connectivity index (χ1) is 10.5. The Kier molecular flexibility index (Phi) is 8.84. The molecule has 0 saturated carbocycles. The number of benzene rings is 1. The standard InChI is InChI=1S/C19H28O2Si/c1-5-14-21-19(13-16-22(2,3)4)12-9-15-20-17-18-10-7-6-8-11-18/h5-8,10-11,19H,1,9,12,14-15,17H2,2-4H3. The molecule has 22 heavy (non-hydrogen) atoms. The Morgan fingerprint density at radius 1 is 1.23 bits per heavy atom. The van der Waals surface area contributed by atoms with E-state index < -0.39 is 8.07 Å². The highest BCUT2D eigenvalue weighted by Gasteiger charge is 2.10. The summed E-state index contributed by atoms with van der Waals surface area (Å²) in [6, 6.07) is 10.2. The van der Waals surface area contributed by atoms with Crippen LogP contribution in [0.2, 0.25) is 19.6 Å². The summed E-state index contributed by atoms with van der Waals surface area (Å²) >= 11 is 0. The van der Waals surface area contributed by atoms with Gasteiger partial charge in [0, 0.05) is 6.61 Å². The van der Waals surface area contributed by atoms with Crippen LogP contribution in [0.25, 0.3) is 0 Å². The zero-order valence-electron chi connectivity index (χ0n) is 14.1. The van der Waals surface area contributed by atoms with Crippen molar-refractivity contribution >= 4 is 8.07 Å². The minimum absolute atomic E-state index is 0.00921. The van der Waals surface area contributed by atoms with Crippen LogP contribution < -0.4 is 0 Å². The predicted octanol–water partition coefficient (Wildman–Crippen LogP) is 4.44. The van der Waals surface area contributed by atoms with Gasteiger partial charge in [-0.3, -0.25) is 0 Å². The van der Waals surface area contributed by atoms with Gasteiger partial charge in [0.2, 0.25) is 0 Å². The van der Waals surface area contributed by atoms with Gasteiger partial charge in [-0.2, -0.15) is 0 Å². The minimum atomic E-state index is -1.36. The Labute approximate surface area is 136 Å². The lowest BCUT2D eigenvalue weighted by atomic mass is 10.2. The van der Waals surface area contributed by atoms with Crippen LogP contribution in [-0.2, 0) is 16.1 Å². The molecule has 0 fully saturated rings. The van der Waals surface area contributed by atoms with E-state index in [1.165, 1.54) is 5.56 Å². The number of rotatable bonds is 9. The highest BCUT2D eigenvalue weighted by molar-refractivity contribution is 6.83. The quantitative estimate of drug-likeness (QED) is 0.290. The van der Waals surface area contributed by atoms with Crippen molar-refractivity contribution < 1.29 is 9.47 Å². The topological polar surface area (TPSA) is 18.5 Å². The summed E-state index contributed by atoms with van der Waals surface area (Å²) in [5.74, 6) is 3.29. The van der Waals surface area contributed by atoms with Crippen molar-refractivity contribution in [2.75, 3.05) is 13.2 Å². The van der Waals surface area contributed by atoms with Gasteiger partial charge >= 0.3 is 0 Å². The maximum Gasteiger partial charge on any atom is 0.129 e. The average Bonchev–Trinajstić information content (AvgIpc) is 2.49. The normalized spacial score (nSPS) is 12.3. The van der Waals surface area contributed by atoms with E-state index in [1.54, 1.807) is 6.08 Å². The highest BCUT2D eigenvalue weighted by atomic mass is 28.3. The zero-order valence-corrected chi connectivity index (χ0v) is 15.1. The molecule has 0 bridgehead atoms. The van der Waals surface area contributed by atoms with Crippen molar-refractivity contribution in [2.45, 2.75) is 45.2 Å². The fourth-order valence-electron chi connectivity index (χ4n) is 1.81. The summed E-state index contributed by atoms with van der Waals surface area (Å²) in [5.41, 5.74) is 4.60. The van der Waals surface area contributed by atoms with E-state index in [-0.39, 0.29) is 6.10 Å². The largest absolute Gasteiger partial charge is 0.377 e. The molecule has 1 aromatic rings. The molecule has 0 amide bonds. The number of hydrogen-bond acceptors (Lipinski definition) is 2. The molecule has 0 aromatic heterocycles. The van der Waals surface area contributed by atoms with Crippen LogP contribution in [0.15, 0.2) is 43.0 Å². The maximum absolute atomic E-state index is 5.73. The Bertz CT molecular complexity index is 480. The lowest BCUT2D eigenvalue weighted by Gasteiger charge is -2.12. The lowest BCUT2D eigenvalue weighted by molar-refractivity contribution is 0.0816. The van der Waals surface area contributed by atoms with E-state index in [0.717, 1.165) is 19.4 Å². The van der Waals surface area contributed by atoms with E-state index in [0.29, 0.717) is 13.2 Å². The molecule has 0 aliphatic heterocycles. The monoisotopic (exact) mass is 316 g/mol. The molecule has 0 radical (unpaired) electrons. The Balaban J connectivity index is 2.30. The summed E-state index contributed by atoms with van der Waals surface area (Å²) in [5, 5.41) is 0. The molecule has 0 heterocycles. The molecule has 120 valence electrons. The first-order valence-corrected chi connectivity index (χ1v) is 11.4. The van der Waals surface area contributed by atoms with Gasteiger partial charge in [0.15, 0.2) is 0 Å². The maximum atomic E-state index is 5.73. The first-order valence-electron chi connectivity index (χ1n) is 7.88. The van der Waals surface area contributed by atoms with E-state index in [2.05, 4.69) is 49.8 Å². The summed E-state index contributed by atoms with van der Waals surface area (Å²) in [6.07, 6.45) is 3.62. The second-order valence-corrected chi connectivity index (χ2v) is 11.1. The molecule has 0 saturated heterocycles. The smallest absolute Gasteiger partial charge is 0.129 e. The summed E-state index contributed by atoms with van der Waals surface area (Å²) < 4.78 is 11.4. The molecule has 0 N–H and O–H groups in total. The molecule has 1 rings (SSSR count). The fraction of sp³-hybridized carbons (Fsp3) is 0.474. The van der Waals surface area contributed by atoms with Crippen LogP contribution in [0.4, 0.5) is 0 Å². The fourth-order valence-corrected chi connectivity index (χ4v) is 2.41.